The summed E-state index contributed by atoms with van der Waals surface area (Å²) in [6.07, 6.45) is 14.9. The Balaban J connectivity index is 1.29. The molecule has 3 amide bonds. The van der Waals surface area contributed by atoms with Crippen LogP contribution in [0.3, 0.4) is 0 Å². The van der Waals surface area contributed by atoms with Crippen LogP contribution in [-0.2, 0) is 16.1 Å². The molecule has 3 N–H and O–H groups in total. The van der Waals surface area contributed by atoms with E-state index in [-0.39, 0.29) is 30.0 Å². The third kappa shape index (κ3) is 4.41. The highest BCUT2D eigenvalue weighted by molar-refractivity contribution is 6.35. The van der Waals surface area contributed by atoms with Crippen LogP contribution in [-0.4, -0.2) is 29.8 Å². The van der Waals surface area contributed by atoms with E-state index in [1.165, 1.54) is 30.4 Å². The molecule has 1 aromatic carbocycles. The molecule has 1 aromatic rings. The van der Waals surface area contributed by atoms with Crippen molar-refractivity contribution in [1.29, 1.82) is 5.26 Å². The van der Waals surface area contributed by atoms with Crippen LogP contribution in [0.2, 0.25) is 0 Å². The second-order valence-electron chi connectivity index (χ2n) is 10.3. The summed E-state index contributed by atoms with van der Waals surface area (Å²) in [6.45, 7) is 2.08. The number of hydrogen-bond donors (Lipinski definition) is 3. The number of nitriles is 1. The zero-order valence-electron chi connectivity index (χ0n) is 19.9. The lowest BCUT2D eigenvalue weighted by Gasteiger charge is -2.26. The van der Waals surface area contributed by atoms with Crippen molar-refractivity contribution in [2.45, 2.75) is 51.1 Å². The summed E-state index contributed by atoms with van der Waals surface area (Å²) in [6, 6.07) is 8.82. The normalized spacial score (nSPS) is 27.0. The Hall–Kier alpha value is -3.66. The number of hydrogen-bond acceptors (Lipinski definition) is 4. The Labute approximate surface area is 205 Å². The molecule has 0 radical (unpaired) electrons. The molecule has 180 valence electrons. The van der Waals surface area contributed by atoms with E-state index < -0.39 is 11.8 Å². The molecule has 0 aliphatic heterocycles. The van der Waals surface area contributed by atoms with Gasteiger partial charge in [0.1, 0.15) is 6.54 Å². The van der Waals surface area contributed by atoms with Gasteiger partial charge in [-0.05, 0) is 66.7 Å². The fraction of sp³-hybridized carbons (Fsp3) is 0.429. The third-order valence-electron chi connectivity index (χ3n) is 7.89. The van der Waals surface area contributed by atoms with Crippen molar-refractivity contribution in [3.63, 3.8) is 0 Å². The maximum Gasteiger partial charge on any atom is 0.310 e. The minimum absolute atomic E-state index is 0.0344. The summed E-state index contributed by atoms with van der Waals surface area (Å²) in [5.74, 6) is -0.582. The number of nitrogens with one attached hydrogen (secondary N) is 3. The highest BCUT2D eigenvalue weighted by Crippen LogP contribution is 2.65. The van der Waals surface area contributed by atoms with Gasteiger partial charge in [-0.1, -0.05) is 49.4 Å². The maximum atomic E-state index is 13.3. The molecule has 3 atom stereocenters. The van der Waals surface area contributed by atoms with Crippen molar-refractivity contribution in [2.75, 3.05) is 6.54 Å². The Morgan fingerprint density at radius 3 is 2.63 bits per heavy atom. The van der Waals surface area contributed by atoms with Crippen molar-refractivity contribution in [2.24, 2.45) is 17.3 Å². The number of allylic oxidation sites excluding steroid dienone is 4. The predicted molar refractivity (Wildman–Crippen MR) is 131 cm³/mol. The van der Waals surface area contributed by atoms with Gasteiger partial charge in [0.25, 0.3) is 5.91 Å². The zero-order valence-corrected chi connectivity index (χ0v) is 19.9. The average Bonchev–Trinajstić information content (AvgIpc) is 3.77. The first kappa shape index (κ1) is 23.1. The topological polar surface area (TPSA) is 111 Å². The molecular weight excluding hydrogens is 440 g/mol. The van der Waals surface area contributed by atoms with Gasteiger partial charge in [0.15, 0.2) is 0 Å². The first-order chi connectivity index (χ1) is 16.9. The molecule has 3 unspecified atom stereocenters. The predicted octanol–water partition coefficient (Wildman–Crippen LogP) is 3.06. The second kappa shape index (κ2) is 8.84. The van der Waals surface area contributed by atoms with Crippen LogP contribution < -0.4 is 16.0 Å². The Kier molecular flexibility index (Phi) is 5.84. The largest absolute Gasteiger partial charge is 0.344 e. The number of amides is 3. The monoisotopic (exact) mass is 470 g/mol. The van der Waals surface area contributed by atoms with Gasteiger partial charge in [-0.3, -0.25) is 14.4 Å². The van der Waals surface area contributed by atoms with E-state index in [1.54, 1.807) is 30.3 Å². The number of rotatable bonds is 6. The van der Waals surface area contributed by atoms with Gasteiger partial charge in [-0.15, -0.1) is 0 Å². The Bertz CT molecular complexity index is 1220. The first-order valence-corrected chi connectivity index (χ1v) is 12.3. The molecule has 0 heterocycles. The quantitative estimate of drug-likeness (QED) is 0.438. The van der Waals surface area contributed by atoms with Crippen LogP contribution in [0.4, 0.5) is 0 Å². The molecule has 7 heteroatoms. The summed E-state index contributed by atoms with van der Waals surface area (Å²) >= 11 is 0. The molecule has 1 spiro atoms. The summed E-state index contributed by atoms with van der Waals surface area (Å²) < 4.78 is 0. The molecule has 4 aliphatic carbocycles. The fourth-order valence-electron chi connectivity index (χ4n) is 5.55. The zero-order chi connectivity index (χ0) is 24.6. The highest BCUT2D eigenvalue weighted by Gasteiger charge is 2.57. The van der Waals surface area contributed by atoms with Gasteiger partial charge in [0.2, 0.25) is 0 Å². The second-order valence-corrected chi connectivity index (χ2v) is 10.3. The molecule has 0 aromatic heterocycles. The van der Waals surface area contributed by atoms with Gasteiger partial charge in [-0.25, -0.2) is 0 Å². The van der Waals surface area contributed by atoms with Crippen molar-refractivity contribution in [3.05, 3.63) is 70.8 Å². The molecule has 0 saturated heterocycles. The van der Waals surface area contributed by atoms with E-state index in [0.717, 1.165) is 18.8 Å². The molecule has 5 rings (SSSR count). The van der Waals surface area contributed by atoms with E-state index in [9.17, 15) is 14.4 Å². The van der Waals surface area contributed by atoms with Gasteiger partial charge in [-0.2, -0.15) is 5.26 Å². The molecular formula is C28H30N4O3. The van der Waals surface area contributed by atoms with Crippen LogP contribution in [0.1, 0.15) is 54.9 Å². The summed E-state index contributed by atoms with van der Waals surface area (Å²) in [7, 11) is 0. The third-order valence-corrected chi connectivity index (χ3v) is 7.89. The maximum absolute atomic E-state index is 13.3. The van der Waals surface area contributed by atoms with Crippen molar-refractivity contribution < 1.29 is 14.4 Å². The summed E-state index contributed by atoms with van der Waals surface area (Å²) in [4.78, 5) is 37.0. The van der Waals surface area contributed by atoms with Gasteiger partial charge >= 0.3 is 11.8 Å². The lowest BCUT2D eigenvalue weighted by molar-refractivity contribution is -0.139. The lowest BCUT2D eigenvalue weighted by atomic mass is 9.83. The van der Waals surface area contributed by atoms with Crippen molar-refractivity contribution in [3.8, 4) is 6.07 Å². The standard InChI is InChI=1S/C28H30N4O3/c1-18-6-7-21-16-27(21)9-8-20(15-22(27)14-18)28(10-11-28)32-24(33)23-5-3-2-4-19(23)17-31-26(35)25(34)30-13-12-29/h2-5,8-9,14-15,18,21H,6-7,10-11,13,16-17H2,1H3,(H,30,34)(H,31,35)(H,32,33). The van der Waals surface area contributed by atoms with Crippen LogP contribution >= 0.6 is 0 Å². The van der Waals surface area contributed by atoms with Gasteiger partial charge in [0.05, 0.1) is 11.6 Å². The smallest absolute Gasteiger partial charge is 0.310 e. The van der Waals surface area contributed by atoms with E-state index in [2.05, 4.69) is 47.2 Å². The van der Waals surface area contributed by atoms with Crippen LogP contribution in [0.5, 0.6) is 0 Å². The van der Waals surface area contributed by atoms with Crippen molar-refractivity contribution >= 4 is 17.7 Å². The van der Waals surface area contributed by atoms with E-state index in [0.29, 0.717) is 17.0 Å². The van der Waals surface area contributed by atoms with Gasteiger partial charge in [0, 0.05) is 17.5 Å². The van der Waals surface area contributed by atoms with Crippen LogP contribution in [0.15, 0.2) is 59.7 Å². The molecule has 4 aliphatic rings. The fourth-order valence-corrected chi connectivity index (χ4v) is 5.55. The average molecular weight is 471 g/mol. The molecule has 2 fully saturated rings. The van der Waals surface area contributed by atoms with E-state index in [4.69, 9.17) is 5.26 Å². The van der Waals surface area contributed by atoms with E-state index >= 15 is 0 Å². The molecule has 35 heavy (non-hydrogen) atoms. The van der Waals surface area contributed by atoms with Crippen molar-refractivity contribution in [1.82, 2.24) is 16.0 Å². The lowest BCUT2D eigenvalue weighted by Crippen LogP contribution is -2.41. The molecule has 0 bridgehead atoms. The number of benzene rings is 1. The SMILES string of the molecule is CC1C=C2C=C(C3(NC(=O)c4ccccc4CNC(=O)C(=O)NCC#N)CC3)C=CC23CC3CC1. The molecule has 2 saturated carbocycles. The van der Waals surface area contributed by atoms with Crippen LogP contribution in [0, 0.1) is 28.6 Å². The summed E-state index contributed by atoms with van der Waals surface area (Å²) in [5.41, 5.74) is 3.54. The Morgan fingerprint density at radius 2 is 1.86 bits per heavy atom. The van der Waals surface area contributed by atoms with Crippen LogP contribution in [0.25, 0.3) is 0 Å². The number of nitrogens with zero attached hydrogens (tertiary/aromatic N) is 1. The Morgan fingerprint density at radius 1 is 1.09 bits per heavy atom. The number of carbonyl (C=O) groups excluding carboxylic acids is 3. The number of carbonyl (C=O) groups is 3. The summed E-state index contributed by atoms with van der Waals surface area (Å²) in [5, 5.41) is 16.5. The minimum atomic E-state index is -0.876. The van der Waals surface area contributed by atoms with E-state index in [1.807, 2.05) is 0 Å². The molecule has 7 nitrogen and oxygen atoms in total. The minimum Gasteiger partial charge on any atom is -0.344 e. The van der Waals surface area contributed by atoms with Gasteiger partial charge < -0.3 is 16.0 Å². The first-order valence-electron chi connectivity index (χ1n) is 12.3. The highest BCUT2D eigenvalue weighted by atomic mass is 16.2.